The summed E-state index contributed by atoms with van der Waals surface area (Å²) >= 11 is 0. The van der Waals surface area contributed by atoms with Gasteiger partial charge < -0.3 is 10.2 Å². The second-order valence-electron chi connectivity index (χ2n) is 5.75. The van der Waals surface area contributed by atoms with E-state index in [-0.39, 0.29) is 0 Å². The average molecular weight is 226 g/mol. The minimum Gasteiger partial charge on any atom is -0.311 e. The van der Waals surface area contributed by atoms with Gasteiger partial charge in [-0.15, -0.1) is 0 Å². The first-order valence-electron chi connectivity index (χ1n) is 7.06. The standard InChI is InChI=1S/C14H30N2/c1-5-12(2)11-13(3)15-14-7-6-9-16(4)10-8-14/h12-15H,5-11H2,1-4H3. The van der Waals surface area contributed by atoms with Gasteiger partial charge in [-0.1, -0.05) is 20.3 Å². The van der Waals surface area contributed by atoms with Crippen molar-refractivity contribution in [2.24, 2.45) is 5.92 Å². The summed E-state index contributed by atoms with van der Waals surface area (Å²) in [4.78, 5) is 2.46. The van der Waals surface area contributed by atoms with Gasteiger partial charge in [-0.25, -0.2) is 0 Å². The van der Waals surface area contributed by atoms with Gasteiger partial charge in [0.25, 0.3) is 0 Å². The molecule has 1 N–H and O–H groups in total. The monoisotopic (exact) mass is 226 g/mol. The van der Waals surface area contributed by atoms with Crippen LogP contribution in [0.2, 0.25) is 0 Å². The topological polar surface area (TPSA) is 15.3 Å². The van der Waals surface area contributed by atoms with Crippen molar-refractivity contribution in [2.45, 2.75) is 65.0 Å². The van der Waals surface area contributed by atoms with Gasteiger partial charge in [0.1, 0.15) is 0 Å². The SMILES string of the molecule is CCC(C)CC(C)NC1CCCN(C)CC1. The third kappa shape index (κ3) is 5.31. The van der Waals surface area contributed by atoms with Crippen molar-refractivity contribution in [3.63, 3.8) is 0 Å². The van der Waals surface area contributed by atoms with E-state index in [1.54, 1.807) is 0 Å². The lowest BCUT2D eigenvalue weighted by Crippen LogP contribution is -2.38. The van der Waals surface area contributed by atoms with Crippen LogP contribution in [-0.4, -0.2) is 37.1 Å². The lowest BCUT2D eigenvalue weighted by Gasteiger charge is -2.24. The first kappa shape index (κ1) is 14.0. The van der Waals surface area contributed by atoms with Crippen molar-refractivity contribution in [1.82, 2.24) is 10.2 Å². The molecule has 96 valence electrons. The van der Waals surface area contributed by atoms with Crippen molar-refractivity contribution in [3.8, 4) is 0 Å². The predicted molar refractivity (Wildman–Crippen MR) is 71.8 cm³/mol. The van der Waals surface area contributed by atoms with Crippen LogP contribution in [0.1, 0.15) is 52.9 Å². The van der Waals surface area contributed by atoms with E-state index in [9.17, 15) is 0 Å². The van der Waals surface area contributed by atoms with Crippen molar-refractivity contribution < 1.29 is 0 Å². The van der Waals surface area contributed by atoms with E-state index in [2.05, 4.69) is 38.0 Å². The third-order valence-corrected chi connectivity index (χ3v) is 3.92. The largest absolute Gasteiger partial charge is 0.311 e. The summed E-state index contributed by atoms with van der Waals surface area (Å²) in [5.41, 5.74) is 0. The van der Waals surface area contributed by atoms with Gasteiger partial charge >= 0.3 is 0 Å². The molecule has 0 aromatic carbocycles. The Balaban J connectivity index is 2.24. The minimum absolute atomic E-state index is 0.684. The van der Waals surface area contributed by atoms with Gasteiger partial charge in [0.05, 0.1) is 0 Å². The first-order valence-corrected chi connectivity index (χ1v) is 7.06. The molecule has 0 bridgehead atoms. The fourth-order valence-corrected chi connectivity index (χ4v) is 2.65. The second-order valence-corrected chi connectivity index (χ2v) is 5.75. The highest BCUT2D eigenvalue weighted by Gasteiger charge is 2.17. The van der Waals surface area contributed by atoms with E-state index >= 15 is 0 Å². The zero-order valence-electron chi connectivity index (χ0n) is 11.6. The van der Waals surface area contributed by atoms with Crippen LogP contribution in [0.4, 0.5) is 0 Å². The molecule has 1 aliphatic heterocycles. The Morgan fingerprint density at radius 3 is 2.69 bits per heavy atom. The summed E-state index contributed by atoms with van der Waals surface area (Å²) in [5, 5.41) is 3.82. The summed E-state index contributed by atoms with van der Waals surface area (Å²) in [7, 11) is 2.24. The normalized spacial score (nSPS) is 27.4. The Hall–Kier alpha value is -0.0800. The molecular weight excluding hydrogens is 196 g/mol. The zero-order valence-corrected chi connectivity index (χ0v) is 11.6. The molecule has 2 nitrogen and oxygen atoms in total. The molecular formula is C14H30N2. The average Bonchev–Trinajstić information content (AvgIpc) is 2.43. The van der Waals surface area contributed by atoms with Crippen molar-refractivity contribution in [1.29, 1.82) is 0 Å². The van der Waals surface area contributed by atoms with Crippen molar-refractivity contribution in [3.05, 3.63) is 0 Å². The molecule has 0 aromatic rings. The molecule has 16 heavy (non-hydrogen) atoms. The lowest BCUT2D eigenvalue weighted by atomic mass is 9.99. The van der Waals surface area contributed by atoms with Crippen LogP contribution >= 0.6 is 0 Å². The van der Waals surface area contributed by atoms with Gasteiger partial charge in [0, 0.05) is 12.1 Å². The highest BCUT2D eigenvalue weighted by molar-refractivity contribution is 4.77. The number of nitrogens with zero attached hydrogens (tertiary/aromatic N) is 1. The Morgan fingerprint density at radius 2 is 2.00 bits per heavy atom. The molecule has 1 heterocycles. The number of nitrogens with one attached hydrogen (secondary N) is 1. The lowest BCUT2D eigenvalue weighted by molar-refractivity contribution is 0.330. The van der Waals surface area contributed by atoms with Gasteiger partial charge in [-0.3, -0.25) is 0 Å². The molecule has 1 rings (SSSR count). The maximum absolute atomic E-state index is 3.82. The third-order valence-electron chi connectivity index (χ3n) is 3.92. The number of hydrogen-bond donors (Lipinski definition) is 1. The molecule has 1 fully saturated rings. The highest BCUT2D eigenvalue weighted by atomic mass is 15.1. The summed E-state index contributed by atoms with van der Waals surface area (Å²) in [6.07, 6.45) is 6.66. The van der Waals surface area contributed by atoms with Crippen LogP contribution in [0.25, 0.3) is 0 Å². The Labute approximate surface area is 102 Å². The maximum Gasteiger partial charge on any atom is 0.00821 e. The number of likely N-dealkylation sites (tertiary alicyclic amines) is 1. The van der Waals surface area contributed by atoms with Crippen LogP contribution in [0.5, 0.6) is 0 Å². The number of rotatable bonds is 5. The van der Waals surface area contributed by atoms with Crippen LogP contribution in [0.15, 0.2) is 0 Å². The summed E-state index contributed by atoms with van der Waals surface area (Å²) in [6.45, 7) is 9.53. The molecule has 3 unspecified atom stereocenters. The van der Waals surface area contributed by atoms with Crippen molar-refractivity contribution in [2.75, 3.05) is 20.1 Å². The van der Waals surface area contributed by atoms with E-state index in [4.69, 9.17) is 0 Å². The van der Waals surface area contributed by atoms with E-state index in [0.29, 0.717) is 6.04 Å². The van der Waals surface area contributed by atoms with E-state index in [1.165, 1.54) is 45.2 Å². The van der Waals surface area contributed by atoms with Crippen molar-refractivity contribution >= 4 is 0 Å². The fourth-order valence-electron chi connectivity index (χ4n) is 2.65. The minimum atomic E-state index is 0.684. The van der Waals surface area contributed by atoms with Gasteiger partial charge in [-0.05, 0) is 58.7 Å². The zero-order chi connectivity index (χ0) is 12.0. The molecule has 0 amide bonds. The Kier molecular flexibility index (Phi) is 6.37. The quantitative estimate of drug-likeness (QED) is 0.775. The van der Waals surface area contributed by atoms with Crippen LogP contribution in [-0.2, 0) is 0 Å². The highest BCUT2D eigenvalue weighted by Crippen LogP contribution is 2.14. The second kappa shape index (κ2) is 7.29. The molecule has 0 spiro atoms. The van der Waals surface area contributed by atoms with Gasteiger partial charge in [0.2, 0.25) is 0 Å². The molecule has 0 radical (unpaired) electrons. The summed E-state index contributed by atoms with van der Waals surface area (Å²) < 4.78 is 0. The van der Waals surface area contributed by atoms with Crippen LogP contribution in [0, 0.1) is 5.92 Å². The van der Waals surface area contributed by atoms with Gasteiger partial charge in [-0.2, -0.15) is 0 Å². The predicted octanol–water partition coefficient (Wildman–Crippen LogP) is 2.89. The molecule has 0 aliphatic carbocycles. The van der Waals surface area contributed by atoms with Crippen LogP contribution in [0.3, 0.4) is 0 Å². The Bertz CT molecular complexity index is 182. The van der Waals surface area contributed by atoms with E-state index in [1.807, 2.05) is 0 Å². The summed E-state index contributed by atoms with van der Waals surface area (Å²) in [6, 6.07) is 1.44. The Morgan fingerprint density at radius 1 is 1.25 bits per heavy atom. The maximum atomic E-state index is 3.82. The summed E-state index contributed by atoms with van der Waals surface area (Å²) in [5.74, 6) is 0.857. The fraction of sp³-hybridized carbons (Fsp3) is 1.00. The van der Waals surface area contributed by atoms with E-state index < -0.39 is 0 Å². The molecule has 3 atom stereocenters. The van der Waals surface area contributed by atoms with Gasteiger partial charge in [0.15, 0.2) is 0 Å². The first-order chi connectivity index (χ1) is 7.61. The van der Waals surface area contributed by atoms with Crippen LogP contribution < -0.4 is 5.32 Å². The smallest absolute Gasteiger partial charge is 0.00821 e. The molecule has 0 aromatic heterocycles. The number of hydrogen-bond acceptors (Lipinski definition) is 2. The van der Waals surface area contributed by atoms with E-state index in [0.717, 1.165) is 12.0 Å². The molecule has 0 saturated carbocycles. The molecule has 2 heteroatoms. The molecule has 1 aliphatic rings. The molecule has 1 saturated heterocycles.